The number of non-ortho nitro benzene ring substituents is 1. The molecule has 2 aromatic heterocycles. The van der Waals surface area contributed by atoms with E-state index >= 15 is 0 Å². The number of nitro groups is 1. The highest BCUT2D eigenvalue weighted by atomic mass is 79.9. The van der Waals surface area contributed by atoms with Crippen molar-refractivity contribution in [2.24, 2.45) is 0 Å². The summed E-state index contributed by atoms with van der Waals surface area (Å²) in [5, 5.41) is 13.9. The van der Waals surface area contributed by atoms with Gasteiger partial charge in [-0.1, -0.05) is 0 Å². The van der Waals surface area contributed by atoms with Crippen molar-refractivity contribution in [3.63, 3.8) is 0 Å². The van der Waals surface area contributed by atoms with Gasteiger partial charge in [-0.3, -0.25) is 10.1 Å². The van der Waals surface area contributed by atoms with Gasteiger partial charge in [-0.15, -0.1) is 11.3 Å². The monoisotopic (exact) mass is 352 g/mol. The Balaban J connectivity index is 1.80. The van der Waals surface area contributed by atoms with Gasteiger partial charge in [0, 0.05) is 17.0 Å². The van der Waals surface area contributed by atoms with Crippen LogP contribution in [0.2, 0.25) is 0 Å². The van der Waals surface area contributed by atoms with Crippen molar-refractivity contribution in [3.05, 3.63) is 49.1 Å². The van der Waals surface area contributed by atoms with Gasteiger partial charge < -0.3 is 10.3 Å². The number of thiophene rings is 1. The van der Waals surface area contributed by atoms with Crippen LogP contribution in [0.4, 0.5) is 11.6 Å². The minimum absolute atomic E-state index is 0.0508. The number of nitro benzene ring substituents is 1. The molecule has 102 valence electrons. The van der Waals surface area contributed by atoms with Crippen LogP contribution in [0, 0.1) is 10.1 Å². The molecule has 8 heteroatoms. The molecule has 0 saturated heterocycles. The molecule has 0 amide bonds. The van der Waals surface area contributed by atoms with Crippen LogP contribution in [0.5, 0.6) is 0 Å². The Labute approximate surface area is 126 Å². The highest BCUT2D eigenvalue weighted by molar-refractivity contribution is 9.11. The number of H-pyrrole nitrogens is 1. The van der Waals surface area contributed by atoms with E-state index in [1.165, 1.54) is 17.0 Å². The predicted molar refractivity (Wildman–Crippen MR) is 82.1 cm³/mol. The zero-order chi connectivity index (χ0) is 14.1. The highest BCUT2D eigenvalue weighted by Gasteiger charge is 2.09. The van der Waals surface area contributed by atoms with Crippen molar-refractivity contribution in [2.75, 3.05) is 5.32 Å². The van der Waals surface area contributed by atoms with E-state index in [9.17, 15) is 10.1 Å². The number of hydrogen-bond acceptors (Lipinski definition) is 5. The molecule has 0 fully saturated rings. The third kappa shape index (κ3) is 2.66. The van der Waals surface area contributed by atoms with Crippen molar-refractivity contribution in [2.45, 2.75) is 6.54 Å². The Bertz CT molecular complexity index is 783. The van der Waals surface area contributed by atoms with Gasteiger partial charge in [0.15, 0.2) is 0 Å². The van der Waals surface area contributed by atoms with Crippen molar-refractivity contribution < 1.29 is 4.92 Å². The minimum atomic E-state index is -0.420. The molecule has 0 bridgehead atoms. The first kappa shape index (κ1) is 13.1. The summed E-state index contributed by atoms with van der Waals surface area (Å²) in [6.07, 6.45) is 0. The smallest absolute Gasteiger partial charge is 0.271 e. The maximum atomic E-state index is 10.7. The minimum Gasteiger partial charge on any atom is -0.351 e. The summed E-state index contributed by atoms with van der Waals surface area (Å²) >= 11 is 5.05. The van der Waals surface area contributed by atoms with Crippen molar-refractivity contribution in [1.82, 2.24) is 9.97 Å². The van der Waals surface area contributed by atoms with Gasteiger partial charge in [-0.2, -0.15) is 0 Å². The van der Waals surface area contributed by atoms with Crippen molar-refractivity contribution >= 4 is 49.9 Å². The number of imidazole rings is 1. The largest absolute Gasteiger partial charge is 0.351 e. The molecule has 0 aliphatic rings. The molecule has 3 aromatic rings. The van der Waals surface area contributed by atoms with Crippen LogP contribution in [0.1, 0.15) is 4.88 Å². The molecule has 2 N–H and O–H groups in total. The molecule has 1 aromatic carbocycles. The maximum absolute atomic E-state index is 10.7. The van der Waals surface area contributed by atoms with Gasteiger partial charge in [0.05, 0.1) is 26.3 Å². The quantitative estimate of drug-likeness (QED) is 0.550. The number of aromatic amines is 1. The normalized spacial score (nSPS) is 10.8. The number of nitrogens with zero attached hydrogens (tertiary/aromatic N) is 2. The SMILES string of the molecule is O=[N+]([O-])c1ccc2nc(NCc3ccc(Br)s3)[nH]c2c1. The third-order valence-electron chi connectivity index (χ3n) is 2.74. The van der Waals surface area contributed by atoms with Crippen molar-refractivity contribution in [3.8, 4) is 0 Å². The Morgan fingerprint density at radius 1 is 1.40 bits per heavy atom. The molecule has 20 heavy (non-hydrogen) atoms. The summed E-state index contributed by atoms with van der Waals surface area (Å²) in [6, 6.07) is 8.58. The maximum Gasteiger partial charge on any atom is 0.271 e. The number of hydrogen-bond donors (Lipinski definition) is 2. The third-order valence-corrected chi connectivity index (χ3v) is 4.36. The van der Waals surface area contributed by atoms with Crippen molar-refractivity contribution in [1.29, 1.82) is 0 Å². The molecular formula is C12H9BrN4O2S. The average Bonchev–Trinajstić information content (AvgIpc) is 3.00. The van der Waals surface area contributed by atoms with E-state index in [0.717, 1.165) is 3.79 Å². The van der Waals surface area contributed by atoms with E-state index in [4.69, 9.17) is 0 Å². The fourth-order valence-corrected chi connectivity index (χ4v) is 3.24. The number of aromatic nitrogens is 2. The molecular weight excluding hydrogens is 344 g/mol. The average molecular weight is 353 g/mol. The number of nitrogens with one attached hydrogen (secondary N) is 2. The Morgan fingerprint density at radius 2 is 2.25 bits per heavy atom. The topological polar surface area (TPSA) is 83.8 Å². The first-order valence-corrected chi connectivity index (χ1v) is 7.35. The van der Waals surface area contributed by atoms with Crippen LogP contribution in [-0.2, 0) is 6.54 Å². The number of anilines is 1. The Kier molecular flexibility index (Phi) is 3.41. The predicted octanol–water partition coefficient (Wildman–Crippen LogP) is 3.91. The summed E-state index contributed by atoms with van der Waals surface area (Å²) in [5.74, 6) is 0.602. The number of benzene rings is 1. The van der Waals surface area contributed by atoms with Crippen LogP contribution < -0.4 is 5.32 Å². The lowest BCUT2D eigenvalue weighted by Gasteiger charge is -1.98. The second-order valence-electron chi connectivity index (χ2n) is 4.10. The summed E-state index contributed by atoms with van der Waals surface area (Å²) in [7, 11) is 0. The zero-order valence-electron chi connectivity index (χ0n) is 10.1. The molecule has 0 saturated carbocycles. The Hall–Kier alpha value is -1.93. The lowest BCUT2D eigenvalue weighted by Crippen LogP contribution is -1.98. The standard InChI is InChI=1S/C12H9BrN4O2S/c13-11-4-2-8(20-11)6-14-12-15-9-3-1-7(17(18)19)5-10(9)16-12/h1-5H,6H2,(H2,14,15,16). The number of halogens is 1. The lowest BCUT2D eigenvalue weighted by molar-refractivity contribution is -0.384. The highest BCUT2D eigenvalue weighted by Crippen LogP contribution is 2.24. The van der Waals surface area contributed by atoms with E-state index in [1.807, 2.05) is 12.1 Å². The first-order chi connectivity index (χ1) is 9.61. The second kappa shape index (κ2) is 5.22. The van der Waals surface area contributed by atoms with E-state index in [1.54, 1.807) is 17.4 Å². The fraction of sp³-hybridized carbons (Fsp3) is 0.0833. The van der Waals surface area contributed by atoms with Crippen LogP contribution in [0.3, 0.4) is 0 Å². The van der Waals surface area contributed by atoms with Gasteiger partial charge in [0.1, 0.15) is 0 Å². The molecule has 6 nitrogen and oxygen atoms in total. The number of fused-ring (bicyclic) bond motifs is 1. The van der Waals surface area contributed by atoms with Gasteiger partial charge in [0.25, 0.3) is 5.69 Å². The van der Waals surface area contributed by atoms with Crippen LogP contribution in [0.15, 0.2) is 34.1 Å². The summed E-state index contributed by atoms with van der Waals surface area (Å²) in [6.45, 7) is 0.651. The van der Waals surface area contributed by atoms with Gasteiger partial charge >= 0.3 is 0 Å². The molecule has 0 spiro atoms. The Morgan fingerprint density at radius 3 is 2.95 bits per heavy atom. The fourth-order valence-electron chi connectivity index (χ4n) is 1.81. The molecule has 3 rings (SSSR count). The second-order valence-corrected chi connectivity index (χ2v) is 6.65. The summed E-state index contributed by atoms with van der Waals surface area (Å²) in [4.78, 5) is 18.8. The van der Waals surface area contributed by atoms with E-state index in [-0.39, 0.29) is 5.69 Å². The van der Waals surface area contributed by atoms with Crippen LogP contribution in [0.25, 0.3) is 11.0 Å². The van der Waals surface area contributed by atoms with E-state index in [2.05, 4.69) is 31.2 Å². The number of rotatable bonds is 4. The first-order valence-electron chi connectivity index (χ1n) is 5.74. The molecule has 0 aliphatic heterocycles. The molecule has 0 unspecified atom stereocenters. The molecule has 0 atom stereocenters. The van der Waals surface area contributed by atoms with Crippen LogP contribution >= 0.6 is 27.3 Å². The van der Waals surface area contributed by atoms with E-state index < -0.39 is 4.92 Å². The van der Waals surface area contributed by atoms with Gasteiger partial charge in [-0.05, 0) is 34.1 Å². The van der Waals surface area contributed by atoms with E-state index in [0.29, 0.717) is 23.5 Å². The lowest BCUT2D eigenvalue weighted by atomic mass is 10.3. The molecule has 2 heterocycles. The molecule has 0 radical (unpaired) electrons. The summed E-state index contributed by atoms with van der Waals surface area (Å²) < 4.78 is 1.08. The molecule has 0 aliphatic carbocycles. The van der Waals surface area contributed by atoms with Crippen LogP contribution in [-0.4, -0.2) is 14.9 Å². The zero-order valence-corrected chi connectivity index (χ0v) is 12.5. The van der Waals surface area contributed by atoms with Gasteiger partial charge in [0.2, 0.25) is 5.95 Å². The summed E-state index contributed by atoms with van der Waals surface area (Å²) in [5.41, 5.74) is 1.40. The van der Waals surface area contributed by atoms with Gasteiger partial charge in [-0.25, -0.2) is 4.98 Å².